The van der Waals surface area contributed by atoms with E-state index in [1.165, 1.54) is 0 Å². The van der Waals surface area contributed by atoms with Gasteiger partial charge in [-0.3, -0.25) is 4.79 Å². The lowest BCUT2D eigenvalue weighted by atomic mass is 9.87. The van der Waals surface area contributed by atoms with Crippen molar-refractivity contribution in [2.45, 2.75) is 69.8 Å². The molecule has 164 valence electrons. The molecule has 1 N–H and O–H groups in total. The van der Waals surface area contributed by atoms with Crippen molar-refractivity contribution in [2.24, 2.45) is 5.92 Å². The molecule has 29 heavy (non-hydrogen) atoms. The largest absolute Gasteiger partial charge is 0.391 e. The summed E-state index contributed by atoms with van der Waals surface area (Å²) in [6.07, 6.45) is -1.70. The Labute approximate surface area is 168 Å². The van der Waals surface area contributed by atoms with Crippen molar-refractivity contribution in [3.63, 3.8) is 0 Å². The quantitative estimate of drug-likeness (QED) is 0.770. The van der Waals surface area contributed by atoms with Crippen LogP contribution in [0.1, 0.15) is 49.4 Å². The van der Waals surface area contributed by atoms with Gasteiger partial charge in [-0.25, -0.2) is 13.1 Å². The first-order valence-corrected chi connectivity index (χ1v) is 11.7. The summed E-state index contributed by atoms with van der Waals surface area (Å²) in [5.41, 5.74) is 1.16. The molecule has 6 nitrogen and oxygen atoms in total. The molecule has 0 unspecified atom stereocenters. The van der Waals surface area contributed by atoms with E-state index in [1.54, 1.807) is 17.6 Å². The smallest absolute Gasteiger partial charge is 0.376 e. The molecule has 0 spiro atoms. The van der Waals surface area contributed by atoms with Crippen LogP contribution in [-0.2, 0) is 21.2 Å². The highest BCUT2D eigenvalue weighted by Crippen LogP contribution is 2.38. The molecule has 0 bridgehead atoms. The van der Waals surface area contributed by atoms with Crippen molar-refractivity contribution in [2.75, 3.05) is 12.9 Å². The number of ether oxygens (including phenoxy) is 1. The number of alkyl halides is 3. The summed E-state index contributed by atoms with van der Waals surface area (Å²) in [5, 5.41) is 0. The van der Waals surface area contributed by atoms with E-state index in [2.05, 4.69) is 4.72 Å². The zero-order chi connectivity index (χ0) is 21.4. The fraction of sp³-hybridized carbons (Fsp3) is 0.737. The number of rotatable bonds is 5. The SMILES string of the molecule is Cc1ccc2n(c1=O)[C@@H](COC1CCC(C(F)(F)F)CC1)[C@@H](NS(C)(=O)=O)CC2. The maximum atomic E-state index is 12.9. The Morgan fingerprint density at radius 1 is 1.17 bits per heavy atom. The molecule has 1 aromatic rings. The fourth-order valence-corrected chi connectivity index (χ4v) is 5.16. The first-order chi connectivity index (χ1) is 13.5. The summed E-state index contributed by atoms with van der Waals surface area (Å²) >= 11 is 0. The molecule has 0 aromatic carbocycles. The van der Waals surface area contributed by atoms with Gasteiger partial charge in [0.25, 0.3) is 5.56 Å². The number of hydrogen-bond acceptors (Lipinski definition) is 4. The summed E-state index contributed by atoms with van der Waals surface area (Å²) in [7, 11) is -3.49. The van der Waals surface area contributed by atoms with Crippen LogP contribution in [0.3, 0.4) is 0 Å². The van der Waals surface area contributed by atoms with Crippen LogP contribution in [0.2, 0.25) is 0 Å². The minimum atomic E-state index is -4.18. The van der Waals surface area contributed by atoms with Gasteiger partial charge in [0.1, 0.15) is 0 Å². The van der Waals surface area contributed by atoms with Gasteiger partial charge in [-0.15, -0.1) is 0 Å². The van der Waals surface area contributed by atoms with Crippen molar-refractivity contribution in [3.05, 3.63) is 33.7 Å². The monoisotopic (exact) mass is 436 g/mol. The topological polar surface area (TPSA) is 77.4 Å². The third-order valence-corrected chi connectivity index (χ3v) is 6.64. The molecular formula is C19H27F3N2O4S. The van der Waals surface area contributed by atoms with Crippen molar-refractivity contribution >= 4 is 10.0 Å². The number of pyridine rings is 1. The molecule has 2 heterocycles. The van der Waals surface area contributed by atoms with Gasteiger partial charge in [0.05, 0.1) is 30.9 Å². The molecule has 0 amide bonds. The zero-order valence-corrected chi connectivity index (χ0v) is 17.4. The summed E-state index contributed by atoms with van der Waals surface area (Å²) in [5.74, 6) is -1.29. The minimum absolute atomic E-state index is 0.0273. The highest BCUT2D eigenvalue weighted by atomic mass is 32.2. The molecule has 2 atom stereocenters. The van der Waals surface area contributed by atoms with E-state index >= 15 is 0 Å². The third kappa shape index (κ3) is 5.40. The van der Waals surface area contributed by atoms with E-state index in [4.69, 9.17) is 4.74 Å². The Bertz CT molecular complexity index is 890. The molecule has 0 saturated heterocycles. The molecule has 1 saturated carbocycles. The summed E-state index contributed by atoms with van der Waals surface area (Å²) in [4.78, 5) is 12.7. The molecule has 1 aliphatic heterocycles. The second-order valence-electron chi connectivity index (χ2n) is 8.13. The first-order valence-electron chi connectivity index (χ1n) is 9.82. The van der Waals surface area contributed by atoms with E-state index in [-0.39, 0.29) is 31.1 Å². The maximum Gasteiger partial charge on any atom is 0.391 e. The third-order valence-electron chi connectivity index (χ3n) is 5.90. The number of fused-ring (bicyclic) bond motifs is 1. The second kappa shape index (κ2) is 8.39. The summed E-state index contributed by atoms with van der Waals surface area (Å²) < 4.78 is 72.3. The predicted molar refractivity (Wildman–Crippen MR) is 102 cm³/mol. The zero-order valence-electron chi connectivity index (χ0n) is 16.5. The average molecular weight is 436 g/mol. The van der Waals surface area contributed by atoms with Gasteiger partial charge in [-0.1, -0.05) is 6.07 Å². The van der Waals surface area contributed by atoms with E-state index in [0.717, 1.165) is 11.9 Å². The van der Waals surface area contributed by atoms with E-state index < -0.39 is 34.2 Å². The molecular weight excluding hydrogens is 409 g/mol. The molecule has 2 aliphatic rings. The van der Waals surface area contributed by atoms with Gasteiger partial charge >= 0.3 is 6.18 Å². The average Bonchev–Trinajstić information content (AvgIpc) is 2.62. The molecule has 1 fully saturated rings. The Morgan fingerprint density at radius 3 is 2.41 bits per heavy atom. The number of nitrogens with one attached hydrogen (secondary N) is 1. The highest BCUT2D eigenvalue weighted by molar-refractivity contribution is 7.88. The number of aryl methyl sites for hydroxylation is 2. The lowest BCUT2D eigenvalue weighted by molar-refractivity contribution is -0.188. The van der Waals surface area contributed by atoms with Crippen LogP contribution in [-0.4, -0.2) is 44.2 Å². The predicted octanol–water partition coefficient (Wildman–Crippen LogP) is 2.70. The van der Waals surface area contributed by atoms with E-state index in [9.17, 15) is 26.4 Å². The summed E-state index contributed by atoms with van der Waals surface area (Å²) in [6.45, 7) is 1.77. The normalized spacial score (nSPS) is 28.2. The van der Waals surface area contributed by atoms with Crippen LogP contribution >= 0.6 is 0 Å². The van der Waals surface area contributed by atoms with Crippen LogP contribution in [0.5, 0.6) is 0 Å². The second-order valence-corrected chi connectivity index (χ2v) is 9.91. The van der Waals surface area contributed by atoms with Crippen LogP contribution in [0.4, 0.5) is 13.2 Å². The molecule has 10 heteroatoms. The lowest BCUT2D eigenvalue weighted by Gasteiger charge is -2.37. The molecule has 1 aromatic heterocycles. The first kappa shape index (κ1) is 22.3. The Hall–Kier alpha value is -1.39. The fourth-order valence-electron chi connectivity index (χ4n) is 4.33. The van der Waals surface area contributed by atoms with Crippen LogP contribution in [0, 0.1) is 12.8 Å². The van der Waals surface area contributed by atoms with E-state index in [0.29, 0.717) is 31.2 Å². The van der Waals surface area contributed by atoms with Crippen LogP contribution < -0.4 is 10.3 Å². The van der Waals surface area contributed by atoms with Gasteiger partial charge in [0.2, 0.25) is 10.0 Å². The molecule has 1 aliphatic carbocycles. The highest BCUT2D eigenvalue weighted by Gasteiger charge is 2.42. The van der Waals surface area contributed by atoms with Gasteiger partial charge in [-0.2, -0.15) is 13.2 Å². The van der Waals surface area contributed by atoms with E-state index in [1.807, 2.05) is 6.07 Å². The Kier molecular flexibility index (Phi) is 6.45. The number of aromatic nitrogens is 1. The summed E-state index contributed by atoms with van der Waals surface area (Å²) in [6, 6.07) is 2.55. The Balaban J connectivity index is 1.76. The number of hydrogen-bond donors (Lipinski definition) is 1. The van der Waals surface area contributed by atoms with Gasteiger partial charge < -0.3 is 9.30 Å². The van der Waals surface area contributed by atoms with Crippen molar-refractivity contribution in [1.82, 2.24) is 9.29 Å². The molecule has 3 rings (SSSR count). The number of halogens is 3. The molecule has 0 radical (unpaired) electrons. The van der Waals surface area contributed by atoms with Gasteiger partial charge in [0, 0.05) is 17.3 Å². The van der Waals surface area contributed by atoms with Crippen molar-refractivity contribution in [1.29, 1.82) is 0 Å². The Morgan fingerprint density at radius 2 is 1.83 bits per heavy atom. The van der Waals surface area contributed by atoms with Crippen molar-refractivity contribution < 1.29 is 26.3 Å². The van der Waals surface area contributed by atoms with Crippen molar-refractivity contribution in [3.8, 4) is 0 Å². The number of sulfonamides is 1. The maximum absolute atomic E-state index is 12.9. The van der Waals surface area contributed by atoms with Gasteiger partial charge in [0.15, 0.2) is 0 Å². The standard InChI is InChI=1S/C19H27F3N2O4S/c1-12-3-6-14-7-10-16(23-29(2,26)27)17(24(14)18(12)25)11-28-15-8-4-13(5-9-15)19(20,21)22/h3,6,13,15-17,23H,4-5,7-11H2,1-2H3/t13?,15?,16-,17-/m0/s1. The lowest BCUT2D eigenvalue weighted by Crippen LogP contribution is -2.49. The van der Waals surface area contributed by atoms with Crippen LogP contribution in [0.25, 0.3) is 0 Å². The minimum Gasteiger partial charge on any atom is -0.376 e. The van der Waals surface area contributed by atoms with Gasteiger partial charge in [-0.05, 0) is 51.5 Å². The van der Waals surface area contributed by atoms with Crippen LogP contribution in [0.15, 0.2) is 16.9 Å². The number of nitrogens with zero attached hydrogens (tertiary/aromatic N) is 1.